The molecule has 0 atom stereocenters. The molecule has 10 aromatic rings. The molecular weight excluding hydrogens is 645 g/mol. The highest BCUT2D eigenvalue weighted by molar-refractivity contribution is 6.09. The SMILES string of the molecule is c1ccc(-c2cc(-c3nc(-c4ccccc4)nc(-c4ccc5cc(-c6ccccc6)ccc5c4)n3)cc(-n3c4ccccc4c4ccccc43)c2)cc1. The van der Waals surface area contributed by atoms with Gasteiger partial charge < -0.3 is 4.57 Å². The molecule has 2 aromatic heterocycles. The third-order valence-electron chi connectivity index (χ3n) is 9.99. The molecular formula is C49H32N4. The maximum Gasteiger partial charge on any atom is 0.164 e. The van der Waals surface area contributed by atoms with E-state index in [0.717, 1.165) is 49.9 Å². The van der Waals surface area contributed by atoms with E-state index in [9.17, 15) is 0 Å². The first-order valence-electron chi connectivity index (χ1n) is 17.9. The standard InChI is InChI=1S/C49H32N4/c1-4-14-33(15-5-1)36-24-25-38-29-39(27-26-37(38)28-36)48-50-47(35-18-8-3-9-19-35)51-49(52-48)41-30-40(34-16-6-2-7-17-34)31-42(32-41)53-45-22-12-10-20-43(45)44-21-11-13-23-46(44)53/h1-32H. The highest BCUT2D eigenvalue weighted by atomic mass is 15.0. The van der Waals surface area contributed by atoms with Crippen LogP contribution in [0, 0.1) is 0 Å². The molecule has 0 unspecified atom stereocenters. The van der Waals surface area contributed by atoms with Crippen LogP contribution in [-0.2, 0) is 0 Å². The summed E-state index contributed by atoms with van der Waals surface area (Å²) < 4.78 is 2.36. The lowest BCUT2D eigenvalue weighted by Gasteiger charge is -2.14. The summed E-state index contributed by atoms with van der Waals surface area (Å²) in [4.78, 5) is 15.5. The van der Waals surface area contributed by atoms with Gasteiger partial charge >= 0.3 is 0 Å². The summed E-state index contributed by atoms with van der Waals surface area (Å²) in [6.07, 6.45) is 0. The van der Waals surface area contributed by atoms with E-state index in [2.05, 4.69) is 174 Å². The quantitative estimate of drug-likeness (QED) is 0.176. The largest absolute Gasteiger partial charge is 0.309 e. The van der Waals surface area contributed by atoms with E-state index >= 15 is 0 Å². The van der Waals surface area contributed by atoms with Crippen molar-refractivity contribution in [2.75, 3.05) is 0 Å². The number of hydrogen-bond acceptors (Lipinski definition) is 3. The fourth-order valence-corrected chi connectivity index (χ4v) is 7.41. The van der Waals surface area contributed by atoms with Crippen molar-refractivity contribution in [2.24, 2.45) is 0 Å². The minimum Gasteiger partial charge on any atom is -0.309 e. The number of aromatic nitrogens is 4. The Labute approximate surface area is 307 Å². The van der Waals surface area contributed by atoms with E-state index in [0.29, 0.717) is 17.5 Å². The molecule has 4 nitrogen and oxygen atoms in total. The predicted octanol–water partition coefficient (Wildman–Crippen LogP) is 12.5. The van der Waals surface area contributed by atoms with Crippen LogP contribution in [0.2, 0.25) is 0 Å². The van der Waals surface area contributed by atoms with E-state index in [1.54, 1.807) is 0 Å². The van der Waals surface area contributed by atoms with Crippen LogP contribution in [0.15, 0.2) is 194 Å². The Morgan fingerprint density at radius 2 is 0.717 bits per heavy atom. The van der Waals surface area contributed by atoms with Crippen molar-refractivity contribution in [1.82, 2.24) is 19.5 Å². The van der Waals surface area contributed by atoms with Gasteiger partial charge in [-0.05, 0) is 75.5 Å². The Morgan fingerprint density at radius 3 is 1.32 bits per heavy atom. The Balaban J connectivity index is 1.18. The molecule has 0 radical (unpaired) electrons. The second-order valence-corrected chi connectivity index (χ2v) is 13.3. The first-order chi connectivity index (χ1) is 26.2. The molecule has 0 N–H and O–H groups in total. The van der Waals surface area contributed by atoms with Crippen molar-refractivity contribution in [2.45, 2.75) is 0 Å². The fourth-order valence-electron chi connectivity index (χ4n) is 7.41. The molecule has 53 heavy (non-hydrogen) atoms. The number of rotatable bonds is 6. The third kappa shape index (κ3) is 5.63. The van der Waals surface area contributed by atoms with Gasteiger partial charge in [0.25, 0.3) is 0 Å². The van der Waals surface area contributed by atoms with Crippen molar-refractivity contribution in [1.29, 1.82) is 0 Å². The summed E-state index contributed by atoms with van der Waals surface area (Å²) >= 11 is 0. The highest BCUT2D eigenvalue weighted by Crippen LogP contribution is 2.36. The highest BCUT2D eigenvalue weighted by Gasteiger charge is 2.17. The molecule has 8 aromatic carbocycles. The van der Waals surface area contributed by atoms with Crippen LogP contribution in [0.5, 0.6) is 0 Å². The van der Waals surface area contributed by atoms with Gasteiger partial charge in [-0.25, -0.2) is 15.0 Å². The summed E-state index contributed by atoms with van der Waals surface area (Å²) in [6.45, 7) is 0. The van der Waals surface area contributed by atoms with Gasteiger partial charge in [-0.1, -0.05) is 152 Å². The number of para-hydroxylation sites is 2. The third-order valence-corrected chi connectivity index (χ3v) is 9.99. The Bertz CT molecular complexity index is 2880. The van der Waals surface area contributed by atoms with Crippen molar-refractivity contribution in [3.63, 3.8) is 0 Å². The molecule has 248 valence electrons. The number of fused-ring (bicyclic) bond motifs is 4. The van der Waals surface area contributed by atoms with Crippen LogP contribution in [0.25, 0.3) is 94.7 Å². The Kier molecular flexibility index (Phi) is 7.43. The van der Waals surface area contributed by atoms with Crippen LogP contribution in [0.1, 0.15) is 0 Å². The van der Waals surface area contributed by atoms with Gasteiger partial charge in [-0.3, -0.25) is 0 Å². The van der Waals surface area contributed by atoms with Crippen LogP contribution in [0.4, 0.5) is 0 Å². The molecule has 0 fully saturated rings. The molecule has 2 heterocycles. The molecule has 0 saturated carbocycles. The number of nitrogens with zero attached hydrogens (tertiary/aromatic N) is 4. The molecule has 0 spiro atoms. The van der Waals surface area contributed by atoms with Gasteiger partial charge in [-0.15, -0.1) is 0 Å². The van der Waals surface area contributed by atoms with E-state index in [1.807, 2.05) is 24.3 Å². The summed E-state index contributed by atoms with van der Waals surface area (Å²) in [5.41, 5.74) is 10.7. The molecule has 0 saturated heterocycles. The minimum absolute atomic E-state index is 0.619. The zero-order valence-electron chi connectivity index (χ0n) is 28.8. The monoisotopic (exact) mass is 676 g/mol. The van der Waals surface area contributed by atoms with Gasteiger partial charge in [0.05, 0.1) is 11.0 Å². The van der Waals surface area contributed by atoms with Gasteiger partial charge in [0, 0.05) is 33.2 Å². The first-order valence-corrected chi connectivity index (χ1v) is 17.9. The molecule has 4 heteroatoms. The van der Waals surface area contributed by atoms with E-state index in [1.165, 1.54) is 27.3 Å². The van der Waals surface area contributed by atoms with Gasteiger partial charge in [0.1, 0.15) is 0 Å². The zero-order chi connectivity index (χ0) is 35.1. The molecule has 0 amide bonds. The molecule has 0 aliphatic rings. The molecule has 0 bridgehead atoms. The number of hydrogen-bond donors (Lipinski definition) is 0. The number of benzene rings is 8. The lowest BCUT2D eigenvalue weighted by Crippen LogP contribution is -2.02. The van der Waals surface area contributed by atoms with Crippen LogP contribution < -0.4 is 0 Å². The van der Waals surface area contributed by atoms with Gasteiger partial charge in [0.15, 0.2) is 17.5 Å². The van der Waals surface area contributed by atoms with E-state index in [4.69, 9.17) is 15.0 Å². The second-order valence-electron chi connectivity index (χ2n) is 13.3. The predicted molar refractivity (Wildman–Crippen MR) is 219 cm³/mol. The lowest BCUT2D eigenvalue weighted by molar-refractivity contribution is 1.07. The average molecular weight is 677 g/mol. The van der Waals surface area contributed by atoms with E-state index < -0.39 is 0 Å². The van der Waals surface area contributed by atoms with Crippen molar-refractivity contribution in [3.8, 4) is 62.1 Å². The summed E-state index contributed by atoms with van der Waals surface area (Å²) in [5.74, 6) is 1.88. The molecule has 10 rings (SSSR count). The smallest absolute Gasteiger partial charge is 0.164 e. The first kappa shape index (κ1) is 30.6. The minimum atomic E-state index is 0.619. The molecule has 0 aliphatic heterocycles. The fraction of sp³-hybridized carbons (Fsp3) is 0. The maximum absolute atomic E-state index is 5.22. The summed E-state index contributed by atoms with van der Waals surface area (Å²) in [5, 5.41) is 4.73. The van der Waals surface area contributed by atoms with Crippen molar-refractivity contribution in [3.05, 3.63) is 194 Å². The zero-order valence-corrected chi connectivity index (χ0v) is 28.8. The summed E-state index contributed by atoms with van der Waals surface area (Å²) in [6, 6.07) is 68.2. The average Bonchev–Trinajstić information content (AvgIpc) is 3.58. The van der Waals surface area contributed by atoms with Crippen molar-refractivity contribution >= 4 is 32.6 Å². The Morgan fingerprint density at radius 1 is 0.283 bits per heavy atom. The topological polar surface area (TPSA) is 43.6 Å². The summed E-state index contributed by atoms with van der Waals surface area (Å²) in [7, 11) is 0. The van der Waals surface area contributed by atoms with Gasteiger partial charge in [0.2, 0.25) is 0 Å². The van der Waals surface area contributed by atoms with Gasteiger partial charge in [-0.2, -0.15) is 0 Å². The maximum atomic E-state index is 5.22. The second kappa shape index (κ2) is 12.9. The van der Waals surface area contributed by atoms with E-state index in [-0.39, 0.29) is 0 Å². The van der Waals surface area contributed by atoms with Crippen molar-refractivity contribution < 1.29 is 0 Å². The Hall–Kier alpha value is -7.17. The lowest BCUT2D eigenvalue weighted by atomic mass is 9.99. The van der Waals surface area contributed by atoms with Crippen LogP contribution in [-0.4, -0.2) is 19.5 Å². The molecule has 0 aliphatic carbocycles. The normalized spacial score (nSPS) is 11.4. The van der Waals surface area contributed by atoms with Crippen LogP contribution in [0.3, 0.4) is 0 Å². The van der Waals surface area contributed by atoms with Crippen LogP contribution >= 0.6 is 0 Å².